The maximum absolute atomic E-state index is 5.48. The predicted octanol–water partition coefficient (Wildman–Crippen LogP) is 2.73. The van der Waals surface area contributed by atoms with Crippen molar-refractivity contribution in [1.82, 2.24) is 0 Å². The third-order valence-corrected chi connectivity index (χ3v) is 1.95. The fourth-order valence-electron chi connectivity index (χ4n) is 1.22. The van der Waals surface area contributed by atoms with Crippen LogP contribution in [0.1, 0.15) is 33.1 Å². The van der Waals surface area contributed by atoms with Crippen molar-refractivity contribution in [2.24, 2.45) is 5.92 Å². The Morgan fingerprint density at radius 2 is 2.30 bits per heavy atom. The van der Waals surface area contributed by atoms with Crippen LogP contribution in [-0.4, -0.2) is 6.10 Å². The summed E-state index contributed by atoms with van der Waals surface area (Å²) >= 11 is 0. The van der Waals surface area contributed by atoms with Crippen LogP contribution in [0.2, 0.25) is 0 Å². The normalized spacial score (nSPS) is 26.1. The summed E-state index contributed by atoms with van der Waals surface area (Å²) in [5, 5.41) is 0. The topological polar surface area (TPSA) is 9.23 Å². The van der Waals surface area contributed by atoms with Gasteiger partial charge in [0.1, 0.15) is 6.10 Å². The lowest BCUT2D eigenvalue weighted by molar-refractivity contribution is 0.0961. The van der Waals surface area contributed by atoms with Crippen molar-refractivity contribution in [2.45, 2.75) is 39.2 Å². The molecule has 1 aliphatic heterocycles. The molecule has 1 heteroatoms. The van der Waals surface area contributed by atoms with Crippen LogP contribution in [0.3, 0.4) is 0 Å². The predicted molar refractivity (Wildman–Crippen MR) is 42.7 cm³/mol. The van der Waals surface area contributed by atoms with E-state index in [4.69, 9.17) is 4.74 Å². The van der Waals surface area contributed by atoms with E-state index in [-0.39, 0.29) is 0 Å². The van der Waals surface area contributed by atoms with Crippen LogP contribution in [0.4, 0.5) is 0 Å². The Balaban J connectivity index is 2.37. The Bertz CT molecular complexity index is 116. The van der Waals surface area contributed by atoms with Crippen molar-refractivity contribution in [2.75, 3.05) is 0 Å². The highest BCUT2D eigenvalue weighted by atomic mass is 16.5. The Labute approximate surface area is 63.1 Å². The molecule has 0 aromatic carbocycles. The molecule has 1 unspecified atom stereocenters. The van der Waals surface area contributed by atoms with E-state index in [9.17, 15) is 0 Å². The van der Waals surface area contributed by atoms with Gasteiger partial charge in [-0.15, -0.1) is 0 Å². The van der Waals surface area contributed by atoms with Crippen LogP contribution in [0.25, 0.3) is 0 Å². The molecule has 1 atom stereocenters. The second kappa shape index (κ2) is 3.65. The van der Waals surface area contributed by atoms with Crippen molar-refractivity contribution < 1.29 is 4.74 Å². The van der Waals surface area contributed by atoms with E-state index >= 15 is 0 Å². The molecule has 0 N–H and O–H groups in total. The first-order valence-electron chi connectivity index (χ1n) is 4.11. The molecule has 1 rings (SSSR count). The largest absolute Gasteiger partial charge is 0.498 e. The summed E-state index contributed by atoms with van der Waals surface area (Å²) in [5.74, 6) is 0.655. The van der Waals surface area contributed by atoms with Gasteiger partial charge < -0.3 is 4.74 Å². The van der Waals surface area contributed by atoms with Gasteiger partial charge in [-0.1, -0.05) is 13.8 Å². The number of allylic oxidation sites excluding steroid dienone is 1. The first-order valence-corrected chi connectivity index (χ1v) is 4.11. The molecule has 0 fully saturated rings. The van der Waals surface area contributed by atoms with Crippen LogP contribution in [-0.2, 0) is 4.74 Å². The molecule has 1 nitrogen and oxygen atoms in total. The van der Waals surface area contributed by atoms with Crippen molar-refractivity contribution in [1.29, 1.82) is 0 Å². The van der Waals surface area contributed by atoms with Gasteiger partial charge in [-0.3, -0.25) is 0 Å². The summed E-state index contributed by atoms with van der Waals surface area (Å²) in [5.41, 5.74) is 0. The zero-order valence-corrected chi connectivity index (χ0v) is 6.84. The first-order chi connectivity index (χ1) is 4.80. The van der Waals surface area contributed by atoms with Gasteiger partial charge in [0.2, 0.25) is 0 Å². The summed E-state index contributed by atoms with van der Waals surface area (Å²) in [6.07, 6.45) is 8.10. The highest BCUT2D eigenvalue weighted by Crippen LogP contribution is 2.17. The van der Waals surface area contributed by atoms with Crippen molar-refractivity contribution in [3.8, 4) is 0 Å². The van der Waals surface area contributed by atoms with Gasteiger partial charge in [-0.25, -0.2) is 0 Å². The standard InChI is InChI=1S/C9H16O/c1-8(2)9-6-4-3-5-7-10-9/h5,7-9H,3-4,6H2,1-2H3. The zero-order valence-electron chi connectivity index (χ0n) is 6.84. The highest BCUT2D eigenvalue weighted by Gasteiger charge is 2.13. The number of hydrogen-bond donors (Lipinski definition) is 0. The minimum Gasteiger partial charge on any atom is -0.498 e. The molecular weight excluding hydrogens is 124 g/mol. The minimum absolute atomic E-state index is 0.457. The number of ether oxygens (including phenoxy) is 1. The molecule has 0 saturated carbocycles. The molecule has 0 aromatic rings. The van der Waals surface area contributed by atoms with Crippen LogP contribution in [0.15, 0.2) is 12.3 Å². The van der Waals surface area contributed by atoms with Gasteiger partial charge in [-0.2, -0.15) is 0 Å². The van der Waals surface area contributed by atoms with E-state index < -0.39 is 0 Å². The van der Waals surface area contributed by atoms with Gasteiger partial charge in [0.05, 0.1) is 6.26 Å². The molecule has 0 spiro atoms. The molecule has 0 saturated heterocycles. The second-order valence-corrected chi connectivity index (χ2v) is 3.22. The summed E-state index contributed by atoms with van der Waals surface area (Å²) in [6.45, 7) is 4.42. The Morgan fingerprint density at radius 1 is 1.50 bits per heavy atom. The average molecular weight is 140 g/mol. The smallest absolute Gasteiger partial charge is 0.100 e. The van der Waals surface area contributed by atoms with Gasteiger partial charge in [0.25, 0.3) is 0 Å². The summed E-state index contributed by atoms with van der Waals surface area (Å²) < 4.78 is 5.48. The zero-order chi connectivity index (χ0) is 7.40. The fourth-order valence-corrected chi connectivity index (χ4v) is 1.22. The molecule has 1 aliphatic rings. The van der Waals surface area contributed by atoms with Gasteiger partial charge in [0, 0.05) is 0 Å². The van der Waals surface area contributed by atoms with Crippen LogP contribution < -0.4 is 0 Å². The number of hydrogen-bond acceptors (Lipinski definition) is 1. The fraction of sp³-hybridized carbons (Fsp3) is 0.778. The molecule has 0 bridgehead atoms. The first kappa shape index (κ1) is 7.64. The SMILES string of the molecule is CC(C)C1CCCC=CO1. The third-order valence-electron chi connectivity index (χ3n) is 1.95. The van der Waals surface area contributed by atoms with Gasteiger partial charge >= 0.3 is 0 Å². The summed E-state index contributed by atoms with van der Waals surface area (Å²) in [4.78, 5) is 0. The second-order valence-electron chi connectivity index (χ2n) is 3.22. The van der Waals surface area contributed by atoms with Crippen molar-refractivity contribution in [3.05, 3.63) is 12.3 Å². The van der Waals surface area contributed by atoms with Crippen molar-refractivity contribution >= 4 is 0 Å². The highest BCUT2D eigenvalue weighted by molar-refractivity contribution is 4.80. The van der Waals surface area contributed by atoms with E-state index in [0.29, 0.717) is 12.0 Å². The lowest BCUT2D eigenvalue weighted by Crippen LogP contribution is -2.15. The third kappa shape index (κ3) is 2.05. The molecule has 0 radical (unpaired) electrons. The molecule has 10 heavy (non-hydrogen) atoms. The van der Waals surface area contributed by atoms with E-state index in [1.807, 2.05) is 6.26 Å². The van der Waals surface area contributed by atoms with Crippen molar-refractivity contribution in [3.63, 3.8) is 0 Å². The Kier molecular flexibility index (Phi) is 2.79. The monoisotopic (exact) mass is 140 g/mol. The summed E-state index contributed by atoms with van der Waals surface area (Å²) in [6, 6.07) is 0. The number of rotatable bonds is 1. The average Bonchev–Trinajstić information content (AvgIpc) is 2.12. The lowest BCUT2D eigenvalue weighted by Gasteiger charge is -2.17. The molecule has 1 heterocycles. The maximum Gasteiger partial charge on any atom is 0.100 e. The van der Waals surface area contributed by atoms with Gasteiger partial charge in [0.15, 0.2) is 0 Å². The van der Waals surface area contributed by atoms with E-state index in [0.717, 1.165) is 0 Å². The van der Waals surface area contributed by atoms with Gasteiger partial charge in [-0.05, 0) is 31.3 Å². The maximum atomic E-state index is 5.48. The minimum atomic E-state index is 0.457. The molecule has 0 aliphatic carbocycles. The Morgan fingerprint density at radius 3 is 3.00 bits per heavy atom. The van der Waals surface area contributed by atoms with Crippen LogP contribution >= 0.6 is 0 Å². The molecule has 0 amide bonds. The molecular formula is C9H16O. The lowest BCUT2D eigenvalue weighted by atomic mass is 10.0. The van der Waals surface area contributed by atoms with E-state index in [2.05, 4.69) is 19.9 Å². The quantitative estimate of drug-likeness (QED) is 0.544. The summed E-state index contributed by atoms with van der Waals surface area (Å²) in [7, 11) is 0. The molecule has 58 valence electrons. The van der Waals surface area contributed by atoms with Crippen LogP contribution in [0.5, 0.6) is 0 Å². The van der Waals surface area contributed by atoms with Crippen LogP contribution in [0, 0.1) is 5.92 Å². The van der Waals surface area contributed by atoms with E-state index in [1.165, 1.54) is 19.3 Å². The van der Waals surface area contributed by atoms with E-state index in [1.54, 1.807) is 0 Å². The Hall–Kier alpha value is -0.460. The molecule has 0 aromatic heterocycles.